The quantitative estimate of drug-likeness (QED) is 0.848. The maximum absolute atomic E-state index is 9.63. The van der Waals surface area contributed by atoms with Crippen LogP contribution in [0, 0.1) is 0 Å². The van der Waals surface area contributed by atoms with Gasteiger partial charge >= 0.3 is 0 Å². The molecule has 0 aliphatic heterocycles. The Balaban J connectivity index is 3.10. The minimum absolute atomic E-state index is 0.0887. The van der Waals surface area contributed by atoms with Crippen LogP contribution in [0.3, 0.4) is 0 Å². The minimum Gasteiger partial charge on any atom is -0.504 e. The van der Waals surface area contributed by atoms with Crippen molar-refractivity contribution in [3.05, 3.63) is 28.4 Å². The largest absolute Gasteiger partial charge is 0.504 e. The Bertz CT molecular complexity index is 347. The van der Waals surface area contributed by atoms with Crippen LogP contribution in [0.1, 0.15) is 5.56 Å². The van der Waals surface area contributed by atoms with Gasteiger partial charge in [-0.3, -0.25) is 0 Å². The molecule has 3 nitrogen and oxygen atoms in total. The van der Waals surface area contributed by atoms with Gasteiger partial charge in [0.2, 0.25) is 0 Å². The van der Waals surface area contributed by atoms with Gasteiger partial charge in [-0.2, -0.15) is 0 Å². The van der Waals surface area contributed by atoms with Crippen molar-refractivity contribution in [3.63, 3.8) is 0 Å². The molecule has 76 valence electrons. The number of ether oxygens (including phenoxy) is 2. The summed E-state index contributed by atoms with van der Waals surface area (Å²) in [4.78, 5) is 0. The average Bonchev–Trinajstić information content (AvgIpc) is 2.20. The molecule has 0 saturated heterocycles. The molecule has 14 heavy (non-hydrogen) atoms. The van der Waals surface area contributed by atoms with Gasteiger partial charge in [-0.15, -0.1) is 0 Å². The van der Waals surface area contributed by atoms with E-state index in [-0.39, 0.29) is 5.75 Å². The maximum atomic E-state index is 9.63. The molecule has 0 bridgehead atoms. The van der Waals surface area contributed by atoms with Gasteiger partial charge in [0.1, 0.15) is 0 Å². The second-order valence-corrected chi connectivity index (χ2v) is 3.35. The predicted octanol–water partition coefficient (Wildman–Crippen LogP) is 2.78. The topological polar surface area (TPSA) is 38.7 Å². The Morgan fingerprint density at radius 1 is 1.36 bits per heavy atom. The van der Waals surface area contributed by atoms with Crippen LogP contribution >= 0.6 is 15.9 Å². The molecule has 0 unspecified atom stereocenters. The minimum atomic E-state index is 0.0887. The number of phenolic OH excluding ortho intramolecular Hbond substituents is 1. The molecule has 1 aromatic rings. The molecule has 0 aliphatic carbocycles. The van der Waals surface area contributed by atoms with Gasteiger partial charge in [0, 0.05) is 0 Å². The molecule has 1 rings (SSSR count). The van der Waals surface area contributed by atoms with E-state index in [1.807, 2.05) is 6.07 Å². The van der Waals surface area contributed by atoms with E-state index in [9.17, 15) is 5.11 Å². The number of methoxy groups -OCH3 is 2. The first kappa shape index (κ1) is 10.9. The van der Waals surface area contributed by atoms with Gasteiger partial charge in [0.05, 0.1) is 25.0 Å². The second kappa shape index (κ2) is 4.91. The molecule has 4 heteroatoms. The lowest BCUT2D eigenvalue weighted by Gasteiger charge is -2.06. The SMILES string of the molecule is CO/C=C/c1ccc(OC)c(O)c1Br. The average molecular weight is 259 g/mol. The van der Waals surface area contributed by atoms with Crippen LogP contribution in [0.4, 0.5) is 0 Å². The van der Waals surface area contributed by atoms with Crippen LogP contribution in [0.25, 0.3) is 6.08 Å². The first-order valence-corrected chi connectivity index (χ1v) is 4.74. The van der Waals surface area contributed by atoms with E-state index in [0.29, 0.717) is 10.2 Å². The Labute approximate surface area is 91.1 Å². The second-order valence-electron chi connectivity index (χ2n) is 2.56. The van der Waals surface area contributed by atoms with E-state index in [2.05, 4.69) is 15.9 Å². The molecular weight excluding hydrogens is 248 g/mol. The third-order valence-corrected chi connectivity index (χ3v) is 2.55. The molecule has 0 aliphatic rings. The number of rotatable bonds is 3. The first-order valence-electron chi connectivity index (χ1n) is 3.95. The first-order chi connectivity index (χ1) is 6.70. The molecule has 0 spiro atoms. The highest BCUT2D eigenvalue weighted by atomic mass is 79.9. The highest BCUT2D eigenvalue weighted by Crippen LogP contribution is 2.36. The zero-order chi connectivity index (χ0) is 10.6. The van der Waals surface area contributed by atoms with Crippen molar-refractivity contribution in [1.82, 2.24) is 0 Å². The summed E-state index contributed by atoms with van der Waals surface area (Å²) < 4.78 is 10.3. The summed E-state index contributed by atoms with van der Waals surface area (Å²) in [7, 11) is 3.07. The summed E-state index contributed by atoms with van der Waals surface area (Å²) in [6.07, 6.45) is 3.27. The van der Waals surface area contributed by atoms with Gasteiger partial charge in [0.15, 0.2) is 11.5 Å². The number of hydrogen-bond acceptors (Lipinski definition) is 3. The fourth-order valence-corrected chi connectivity index (χ4v) is 1.46. The van der Waals surface area contributed by atoms with Crippen LogP contribution in [0.5, 0.6) is 11.5 Å². The third-order valence-electron chi connectivity index (χ3n) is 1.71. The molecule has 0 atom stereocenters. The molecule has 0 aromatic heterocycles. The van der Waals surface area contributed by atoms with Crippen molar-refractivity contribution in [2.75, 3.05) is 14.2 Å². The Hall–Kier alpha value is -1.16. The lowest BCUT2D eigenvalue weighted by molar-refractivity contribution is 0.341. The molecule has 0 radical (unpaired) electrons. The highest BCUT2D eigenvalue weighted by Gasteiger charge is 2.08. The number of aromatic hydroxyl groups is 1. The number of halogens is 1. The molecule has 0 saturated carbocycles. The normalized spacial score (nSPS) is 10.5. The Morgan fingerprint density at radius 2 is 2.07 bits per heavy atom. The predicted molar refractivity (Wildman–Crippen MR) is 58.4 cm³/mol. The lowest BCUT2D eigenvalue weighted by Crippen LogP contribution is -1.86. The summed E-state index contributed by atoms with van der Waals surface area (Å²) in [6.45, 7) is 0. The molecule has 0 fully saturated rings. The van der Waals surface area contributed by atoms with E-state index in [1.165, 1.54) is 13.4 Å². The van der Waals surface area contributed by atoms with E-state index in [4.69, 9.17) is 9.47 Å². The summed E-state index contributed by atoms with van der Waals surface area (Å²) in [5.41, 5.74) is 0.824. The van der Waals surface area contributed by atoms with Crippen molar-refractivity contribution in [3.8, 4) is 11.5 Å². The number of phenols is 1. The Morgan fingerprint density at radius 3 is 2.64 bits per heavy atom. The zero-order valence-electron chi connectivity index (χ0n) is 7.95. The van der Waals surface area contributed by atoms with Crippen LogP contribution in [-0.4, -0.2) is 19.3 Å². The van der Waals surface area contributed by atoms with Gasteiger partial charge in [-0.1, -0.05) is 0 Å². The van der Waals surface area contributed by atoms with E-state index in [0.717, 1.165) is 5.56 Å². The van der Waals surface area contributed by atoms with Gasteiger partial charge in [-0.05, 0) is 39.7 Å². The maximum Gasteiger partial charge on any atom is 0.172 e. The van der Waals surface area contributed by atoms with E-state index >= 15 is 0 Å². The molecule has 1 N–H and O–H groups in total. The van der Waals surface area contributed by atoms with Crippen molar-refractivity contribution in [2.45, 2.75) is 0 Å². The van der Waals surface area contributed by atoms with Gasteiger partial charge in [0.25, 0.3) is 0 Å². The summed E-state index contributed by atoms with van der Waals surface area (Å²) in [5.74, 6) is 0.525. The fraction of sp³-hybridized carbons (Fsp3) is 0.200. The van der Waals surface area contributed by atoms with E-state index in [1.54, 1.807) is 19.3 Å². The summed E-state index contributed by atoms with van der Waals surface area (Å²) in [6, 6.07) is 3.51. The van der Waals surface area contributed by atoms with Gasteiger partial charge < -0.3 is 14.6 Å². The van der Waals surface area contributed by atoms with Crippen LogP contribution in [-0.2, 0) is 4.74 Å². The summed E-state index contributed by atoms with van der Waals surface area (Å²) in [5, 5.41) is 9.63. The van der Waals surface area contributed by atoms with Gasteiger partial charge in [-0.25, -0.2) is 0 Å². The Kier molecular flexibility index (Phi) is 3.83. The standard InChI is InChI=1S/C10H11BrO3/c1-13-6-5-7-3-4-8(14-2)10(12)9(7)11/h3-6,12H,1-2H3/b6-5+. The lowest BCUT2D eigenvalue weighted by atomic mass is 10.2. The van der Waals surface area contributed by atoms with Crippen molar-refractivity contribution >= 4 is 22.0 Å². The third kappa shape index (κ3) is 2.20. The number of benzene rings is 1. The fourth-order valence-electron chi connectivity index (χ4n) is 0.997. The van der Waals surface area contributed by atoms with E-state index < -0.39 is 0 Å². The molecule has 0 amide bonds. The van der Waals surface area contributed by atoms with Crippen LogP contribution < -0.4 is 4.74 Å². The number of hydrogen-bond donors (Lipinski definition) is 1. The van der Waals surface area contributed by atoms with Crippen LogP contribution in [0.15, 0.2) is 22.9 Å². The smallest absolute Gasteiger partial charge is 0.172 e. The molecule has 1 aromatic carbocycles. The summed E-state index contributed by atoms with van der Waals surface area (Å²) >= 11 is 3.27. The molecular formula is C10H11BrO3. The van der Waals surface area contributed by atoms with Crippen molar-refractivity contribution < 1.29 is 14.6 Å². The van der Waals surface area contributed by atoms with Crippen molar-refractivity contribution in [2.24, 2.45) is 0 Å². The highest BCUT2D eigenvalue weighted by molar-refractivity contribution is 9.10. The molecule has 0 heterocycles. The van der Waals surface area contributed by atoms with Crippen molar-refractivity contribution in [1.29, 1.82) is 0 Å². The monoisotopic (exact) mass is 258 g/mol. The zero-order valence-corrected chi connectivity index (χ0v) is 9.54. The van der Waals surface area contributed by atoms with Crippen LogP contribution in [0.2, 0.25) is 0 Å².